The van der Waals surface area contributed by atoms with E-state index in [-0.39, 0.29) is 11.1 Å². The monoisotopic (exact) mass is 350 g/mol. The van der Waals surface area contributed by atoms with Crippen LogP contribution in [0, 0.1) is 0 Å². The number of esters is 1. The number of fused-ring (bicyclic) bond motifs is 1. The predicted molar refractivity (Wildman–Crippen MR) is 74.8 cm³/mol. The molecular formula is C14H13F3O5S. The third kappa shape index (κ3) is 3.66. The first-order valence-electron chi connectivity index (χ1n) is 6.58. The molecule has 0 unspecified atom stereocenters. The molecule has 0 heterocycles. The molecule has 0 N–H and O–H groups in total. The summed E-state index contributed by atoms with van der Waals surface area (Å²) in [5, 5.41) is 0. The first-order chi connectivity index (χ1) is 10.7. The van der Waals surface area contributed by atoms with Crippen LogP contribution in [-0.2, 0) is 25.5 Å². The van der Waals surface area contributed by atoms with E-state index < -0.39 is 27.4 Å². The van der Waals surface area contributed by atoms with E-state index in [9.17, 15) is 26.4 Å². The summed E-state index contributed by atoms with van der Waals surface area (Å²) in [5.74, 6) is -1.12. The summed E-state index contributed by atoms with van der Waals surface area (Å²) in [7, 11) is -4.62. The zero-order valence-corrected chi connectivity index (χ0v) is 12.8. The van der Waals surface area contributed by atoms with Crippen molar-refractivity contribution in [3.63, 3.8) is 0 Å². The molecule has 0 aliphatic heterocycles. The Morgan fingerprint density at radius 2 is 1.96 bits per heavy atom. The van der Waals surface area contributed by atoms with Crippen LogP contribution in [0.5, 0.6) is 0 Å². The van der Waals surface area contributed by atoms with Crippen molar-refractivity contribution in [2.75, 3.05) is 7.11 Å². The van der Waals surface area contributed by atoms with E-state index >= 15 is 0 Å². The molecule has 1 aliphatic rings. The van der Waals surface area contributed by atoms with Gasteiger partial charge in [-0.3, -0.25) is 0 Å². The molecule has 23 heavy (non-hydrogen) atoms. The number of alkyl halides is 3. The second-order valence-corrected chi connectivity index (χ2v) is 6.35. The van der Waals surface area contributed by atoms with Crippen LogP contribution in [0.25, 0.3) is 5.76 Å². The van der Waals surface area contributed by atoms with Gasteiger partial charge in [-0.1, -0.05) is 6.07 Å². The Morgan fingerprint density at radius 1 is 1.26 bits per heavy atom. The van der Waals surface area contributed by atoms with Gasteiger partial charge < -0.3 is 8.92 Å². The fourth-order valence-electron chi connectivity index (χ4n) is 2.15. The van der Waals surface area contributed by atoms with Crippen molar-refractivity contribution in [3.05, 3.63) is 41.0 Å². The molecule has 5 nitrogen and oxygen atoms in total. The number of hydrogen-bond acceptors (Lipinski definition) is 5. The second kappa shape index (κ2) is 6.23. The molecule has 0 bridgehead atoms. The average molecular weight is 350 g/mol. The van der Waals surface area contributed by atoms with Crippen molar-refractivity contribution >= 4 is 21.8 Å². The Kier molecular flexibility index (Phi) is 4.69. The van der Waals surface area contributed by atoms with Gasteiger partial charge in [-0.05, 0) is 43.0 Å². The molecule has 0 saturated carbocycles. The first kappa shape index (κ1) is 17.3. The summed E-state index contributed by atoms with van der Waals surface area (Å²) in [6, 6.07) is 4.28. The number of halogens is 3. The quantitative estimate of drug-likeness (QED) is 0.476. The first-order valence-corrected chi connectivity index (χ1v) is 7.99. The molecule has 0 saturated heterocycles. The van der Waals surface area contributed by atoms with Crippen molar-refractivity contribution in [1.82, 2.24) is 0 Å². The number of carbonyl (C=O) groups excluding carboxylic acids is 1. The van der Waals surface area contributed by atoms with Crippen LogP contribution in [0.4, 0.5) is 13.2 Å². The van der Waals surface area contributed by atoms with E-state index in [1.807, 2.05) is 0 Å². The van der Waals surface area contributed by atoms with Gasteiger partial charge in [0.2, 0.25) is 0 Å². The van der Waals surface area contributed by atoms with Crippen molar-refractivity contribution < 1.29 is 35.3 Å². The van der Waals surface area contributed by atoms with Crippen LogP contribution >= 0.6 is 0 Å². The van der Waals surface area contributed by atoms with Gasteiger partial charge in [0.25, 0.3) is 0 Å². The topological polar surface area (TPSA) is 69.7 Å². The Morgan fingerprint density at radius 3 is 2.57 bits per heavy atom. The van der Waals surface area contributed by atoms with Crippen LogP contribution in [-0.4, -0.2) is 27.0 Å². The maximum Gasteiger partial charge on any atom is 0.534 e. The van der Waals surface area contributed by atoms with Gasteiger partial charge in [0.05, 0.1) is 12.7 Å². The summed E-state index contributed by atoms with van der Waals surface area (Å²) in [6.45, 7) is 0. The highest BCUT2D eigenvalue weighted by atomic mass is 32.2. The number of hydrogen-bond donors (Lipinski definition) is 0. The lowest BCUT2D eigenvalue weighted by Crippen LogP contribution is -2.25. The van der Waals surface area contributed by atoms with Crippen LogP contribution in [0.2, 0.25) is 0 Å². The molecule has 0 spiro atoms. The Hall–Kier alpha value is -2.03. The maximum absolute atomic E-state index is 12.5. The molecule has 0 fully saturated rings. The number of ether oxygens (including phenoxy) is 1. The van der Waals surface area contributed by atoms with Gasteiger partial charge in [0.15, 0.2) is 0 Å². The highest BCUT2D eigenvalue weighted by Gasteiger charge is 2.49. The summed E-state index contributed by atoms with van der Waals surface area (Å²) in [6.07, 6.45) is 2.76. The highest BCUT2D eigenvalue weighted by Crippen LogP contribution is 2.33. The standard InChI is InChI=1S/C14H13F3O5S/c1-21-13(18)10-7-6-9-4-2-3-5-12(11(9)8-10)22-23(19,20)14(15,16)17/h5-8H,2-4H2,1H3. The highest BCUT2D eigenvalue weighted by molar-refractivity contribution is 7.87. The lowest BCUT2D eigenvalue weighted by molar-refractivity contribution is -0.0509. The summed E-state index contributed by atoms with van der Waals surface area (Å²) >= 11 is 0. The van der Waals surface area contributed by atoms with E-state index in [1.54, 1.807) is 6.07 Å². The van der Waals surface area contributed by atoms with E-state index in [2.05, 4.69) is 8.92 Å². The number of methoxy groups -OCH3 is 1. The molecule has 1 aromatic carbocycles. The lowest BCUT2D eigenvalue weighted by atomic mass is 10.0. The third-order valence-corrected chi connectivity index (χ3v) is 4.23. The molecule has 0 amide bonds. The molecule has 2 rings (SSSR count). The van der Waals surface area contributed by atoms with Crippen molar-refractivity contribution in [2.45, 2.75) is 24.8 Å². The van der Waals surface area contributed by atoms with Gasteiger partial charge in [0.1, 0.15) is 5.76 Å². The normalized spacial score (nSPS) is 15.2. The summed E-state index contributed by atoms with van der Waals surface area (Å²) in [5.41, 5.74) is -4.70. The minimum atomic E-state index is -5.78. The van der Waals surface area contributed by atoms with Crippen LogP contribution in [0.3, 0.4) is 0 Å². The molecular weight excluding hydrogens is 337 g/mol. The van der Waals surface area contributed by atoms with Gasteiger partial charge in [-0.2, -0.15) is 21.6 Å². The van der Waals surface area contributed by atoms with E-state index in [4.69, 9.17) is 0 Å². The predicted octanol–water partition coefficient (Wildman–Crippen LogP) is 3.02. The minimum absolute atomic E-state index is 0.0899. The summed E-state index contributed by atoms with van der Waals surface area (Å²) in [4.78, 5) is 11.6. The van der Waals surface area contributed by atoms with Crippen LogP contribution in [0.1, 0.15) is 34.3 Å². The molecule has 0 radical (unpaired) electrons. The lowest BCUT2D eigenvalue weighted by Gasteiger charge is -2.14. The fourth-order valence-corrected chi connectivity index (χ4v) is 2.64. The average Bonchev–Trinajstić information content (AvgIpc) is 2.67. The molecule has 1 aliphatic carbocycles. The van der Waals surface area contributed by atoms with Crippen LogP contribution in [0.15, 0.2) is 24.3 Å². The molecule has 1 aromatic rings. The van der Waals surface area contributed by atoms with Crippen molar-refractivity contribution in [1.29, 1.82) is 0 Å². The zero-order chi connectivity index (χ0) is 17.3. The Bertz CT molecular complexity index is 750. The number of benzene rings is 1. The Labute approximate surface area is 130 Å². The number of allylic oxidation sites excluding steroid dienone is 1. The summed E-state index contributed by atoms with van der Waals surface area (Å²) < 4.78 is 68.8. The van der Waals surface area contributed by atoms with Gasteiger partial charge in [-0.25, -0.2) is 4.79 Å². The number of aryl methyl sites for hydroxylation is 1. The van der Waals surface area contributed by atoms with E-state index in [1.165, 1.54) is 18.2 Å². The van der Waals surface area contributed by atoms with Gasteiger partial charge in [0, 0.05) is 5.56 Å². The number of carbonyl (C=O) groups is 1. The Balaban J connectivity index is 2.48. The van der Waals surface area contributed by atoms with Crippen molar-refractivity contribution in [3.8, 4) is 0 Å². The molecule has 0 atom stereocenters. The molecule has 9 heteroatoms. The minimum Gasteiger partial charge on any atom is -0.465 e. The van der Waals surface area contributed by atoms with Gasteiger partial charge in [-0.15, -0.1) is 0 Å². The largest absolute Gasteiger partial charge is 0.534 e. The third-order valence-electron chi connectivity index (χ3n) is 3.26. The van der Waals surface area contributed by atoms with E-state index in [0.717, 1.165) is 7.11 Å². The van der Waals surface area contributed by atoms with Crippen LogP contribution < -0.4 is 0 Å². The zero-order valence-electron chi connectivity index (χ0n) is 12.0. The van der Waals surface area contributed by atoms with Gasteiger partial charge >= 0.3 is 21.6 Å². The maximum atomic E-state index is 12.5. The smallest absolute Gasteiger partial charge is 0.465 e. The van der Waals surface area contributed by atoms with E-state index in [0.29, 0.717) is 24.8 Å². The molecule has 0 aromatic heterocycles. The molecule has 126 valence electrons. The fraction of sp³-hybridized carbons (Fsp3) is 0.357. The van der Waals surface area contributed by atoms with Crippen molar-refractivity contribution in [2.24, 2.45) is 0 Å². The SMILES string of the molecule is COC(=O)c1ccc2c(c1)C(OS(=O)(=O)C(F)(F)F)=CCCC2. The second-order valence-electron chi connectivity index (χ2n) is 4.81. The number of rotatable bonds is 3.